The number of carbonyl (C=O) groups is 2. The molecular weight excluding hydrogens is 366 g/mol. The van der Waals surface area contributed by atoms with E-state index >= 15 is 0 Å². The summed E-state index contributed by atoms with van der Waals surface area (Å²) in [5.74, 6) is 0.0443. The van der Waals surface area contributed by atoms with E-state index in [2.05, 4.69) is 16.5 Å². The summed E-state index contributed by atoms with van der Waals surface area (Å²) >= 11 is 0. The van der Waals surface area contributed by atoms with E-state index in [1.54, 1.807) is 6.20 Å². The van der Waals surface area contributed by atoms with E-state index < -0.39 is 0 Å². The molecule has 7 heteroatoms. The summed E-state index contributed by atoms with van der Waals surface area (Å²) in [6, 6.07) is 10.1. The molecule has 1 saturated heterocycles. The maximum absolute atomic E-state index is 12.7. The van der Waals surface area contributed by atoms with Crippen molar-refractivity contribution in [3.8, 4) is 0 Å². The summed E-state index contributed by atoms with van der Waals surface area (Å²) in [5, 5.41) is 7.36. The van der Waals surface area contributed by atoms with Crippen molar-refractivity contribution in [2.75, 3.05) is 26.2 Å². The molecule has 0 unspecified atom stereocenters. The molecule has 2 heterocycles. The molecule has 156 valence electrons. The van der Waals surface area contributed by atoms with Gasteiger partial charge in [-0.25, -0.2) is 4.79 Å². The fourth-order valence-electron chi connectivity index (χ4n) is 3.81. The number of carbonyl (C=O) groups excluding carboxylic acids is 2. The lowest BCUT2D eigenvalue weighted by Crippen LogP contribution is -2.48. The van der Waals surface area contributed by atoms with Crippen LogP contribution in [0.2, 0.25) is 0 Å². The zero-order valence-corrected chi connectivity index (χ0v) is 17.4. The number of aromatic nitrogens is 2. The molecule has 7 nitrogen and oxygen atoms in total. The third kappa shape index (κ3) is 5.37. The molecule has 0 atom stereocenters. The average molecular weight is 398 g/mol. The third-order valence-electron chi connectivity index (χ3n) is 5.63. The highest BCUT2D eigenvalue weighted by Crippen LogP contribution is 2.19. The van der Waals surface area contributed by atoms with Gasteiger partial charge in [0.05, 0.1) is 6.54 Å². The lowest BCUT2D eigenvalue weighted by Gasteiger charge is -2.34. The van der Waals surface area contributed by atoms with E-state index in [9.17, 15) is 9.59 Å². The molecule has 1 aliphatic rings. The van der Waals surface area contributed by atoms with Gasteiger partial charge in [0.15, 0.2) is 0 Å². The Morgan fingerprint density at radius 2 is 1.79 bits per heavy atom. The van der Waals surface area contributed by atoms with Crippen LogP contribution in [0.5, 0.6) is 0 Å². The van der Waals surface area contributed by atoms with E-state index in [0.29, 0.717) is 52.1 Å². The number of rotatable bonds is 7. The first kappa shape index (κ1) is 20.9. The lowest BCUT2D eigenvalue weighted by atomic mass is 9.96. The molecule has 0 radical (unpaired) electrons. The Labute approximate surface area is 172 Å². The predicted octanol–water partition coefficient (Wildman–Crippen LogP) is 2.72. The van der Waals surface area contributed by atoms with E-state index in [1.807, 2.05) is 58.8 Å². The smallest absolute Gasteiger partial charge is 0.319 e. The second-order valence-electron chi connectivity index (χ2n) is 7.41. The van der Waals surface area contributed by atoms with Crippen molar-refractivity contribution in [3.63, 3.8) is 0 Å². The quantitative estimate of drug-likeness (QED) is 0.781. The van der Waals surface area contributed by atoms with Crippen LogP contribution in [-0.2, 0) is 17.9 Å². The van der Waals surface area contributed by atoms with Crippen LogP contribution >= 0.6 is 0 Å². The minimum absolute atomic E-state index is 0.0333. The Bertz CT molecular complexity index is 793. The lowest BCUT2D eigenvalue weighted by molar-refractivity contribution is -0.126. The maximum atomic E-state index is 12.7. The van der Waals surface area contributed by atoms with Crippen LogP contribution in [0.3, 0.4) is 0 Å². The zero-order chi connectivity index (χ0) is 20.6. The Morgan fingerprint density at radius 1 is 1.10 bits per heavy atom. The van der Waals surface area contributed by atoms with E-state index in [0.717, 1.165) is 11.1 Å². The van der Waals surface area contributed by atoms with Crippen LogP contribution in [0.4, 0.5) is 4.79 Å². The molecule has 2 aromatic rings. The summed E-state index contributed by atoms with van der Waals surface area (Å²) in [4.78, 5) is 28.8. The molecule has 0 saturated carbocycles. The average Bonchev–Trinajstić information content (AvgIpc) is 3.27. The molecule has 1 aromatic heterocycles. The number of nitrogens with one attached hydrogen (secondary N) is 1. The second-order valence-corrected chi connectivity index (χ2v) is 7.41. The molecule has 0 spiro atoms. The minimum atomic E-state index is -0.0333. The molecule has 0 aliphatic carbocycles. The van der Waals surface area contributed by atoms with Crippen LogP contribution in [-0.4, -0.2) is 57.7 Å². The first-order valence-electron chi connectivity index (χ1n) is 10.5. The van der Waals surface area contributed by atoms with Crippen molar-refractivity contribution < 1.29 is 9.59 Å². The standard InChI is InChI=1S/C22H31N5O2/c1-3-25(4-2)22(29)26-14-10-18(11-15-26)21(28)23-16-19-8-5-6-9-20(19)17-27-13-7-12-24-27/h5-9,12-13,18H,3-4,10-11,14-17H2,1-2H3,(H,23,28). The van der Waals surface area contributed by atoms with Gasteiger partial charge in [0.1, 0.15) is 0 Å². The molecule has 3 amide bonds. The summed E-state index contributed by atoms with van der Waals surface area (Å²) in [6.45, 7) is 7.89. The van der Waals surface area contributed by atoms with Gasteiger partial charge in [0.2, 0.25) is 5.91 Å². The fourth-order valence-corrected chi connectivity index (χ4v) is 3.81. The number of likely N-dealkylation sites (tertiary alicyclic amines) is 1. The molecule has 1 N–H and O–H groups in total. The van der Waals surface area contributed by atoms with Crippen molar-refractivity contribution >= 4 is 11.9 Å². The minimum Gasteiger partial charge on any atom is -0.352 e. The Hall–Kier alpha value is -2.83. The van der Waals surface area contributed by atoms with Crippen LogP contribution in [0.25, 0.3) is 0 Å². The first-order valence-corrected chi connectivity index (χ1v) is 10.5. The Balaban J connectivity index is 1.50. The monoisotopic (exact) mass is 397 g/mol. The van der Waals surface area contributed by atoms with Crippen molar-refractivity contribution in [3.05, 3.63) is 53.9 Å². The fraction of sp³-hybridized carbons (Fsp3) is 0.500. The summed E-state index contributed by atoms with van der Waals surface area (Å²) in [6.07, 6.45) is 5.13. The number of hydrogen-bond donors (Lipinski definition) is 1. The van der Waals surface area contributed by atoms with Gasteiger partial charge in [-0.05, 0) is 43.9 Å². The Morgan fingerprint density at radius 3 is 2.41 bits per heavy atom. The van der Waals surface area contributed by atoms with Gasteiger partial charge in [-0.1, -0.05) is 24.3 Å². The molecule has 0 bridgehead atoms. The largest absolute Gasteiger partial charge is 0.352 e. The maximum Gasteiger partial charge on any atom is 0.319 e. The number of urea groups is 1. The van der Waals surface area contributed by atoms with E-state index in [-0.39, 0.29) is 17.9 Å². The topological polar surface area (TPSA) is 70.5 Å². The predicted molar refractivity (Wildman–Crippen MR) is 112 cm³/mol. The van der Waals surface area contributed by atoms with Gasteiger partial charge in [-0.3, -0.25) is 9.48 Å². The number of hydrogen-bond acceptors (Lipinski definition) is 3. The summed E-state index contributed by atoms with van der Waals surface area (Å²) < 4.78 is 1.88. The van der Waals surface area contributed by atoms with Gasteiger partial charge in [0, 0.05) is 51.0 Å². The van der Waals surface area contributed by atoms with Gasteiger partial charge < -0.3 is 15.1 Å². The molecule has 3 rings (SSSR count). The van der Waals surface area contributed by atoms with Crippen LogP contribution in [0.1, 0.15) is 37.8 Å². The molecule has 1 aliphatic heterocycles. The number of piperidine rings is 1. The van der Waals surface area contributed by atoms with Crippen LogP contribution in [0.15, 0.2) is 42.7 Å². The normalized spacial score (nSPS) is 14.6. The second kappa shape index (κ2) is 10.1. The van der Waals surface area contributed by atoms with Crippen molar-refractivity contribution in [1.29, 1.82) is 0 Å². The highest BCUT2D eigenvalue weighted by molar-refractivity contribution is 5.79. The van der Waals surface area contributed by atoms with Gasteiger partial charge in [0.25, 0.3) is 0 Å². The summed E-state index contributed by atoms with van der Waals surface area (Å²) in [5.41, 5.74) is 2.25. The van der Waals surface area contributed by atoms with Crippen molar-refractivity contribution in [2.24, 2.45) is 5.92 Å². The number of benzene rings is 1. The Kier molecular flexibility index (Phi) is 7.27. The molecule has 1 fully saturated rings. The van der Waals surface area contributed by atoms with Crippen LogP contribution in [0, 0.1) is 5.92 Å². The molecule has 1 aromatic carbocycles. The van der Waals surface area contributed by atoms with Gasteiger partial charge >= 0.3 is 6.03 Å². The van der Waals surface area contributed by atoms with Crippen LogP contribution < -0.4 is 5.32 Å². The third-order valence-corrected chi connectivity index (χ3v) is 5.63. The van der Waals surface area contributed by atoms with Crippen molar-refractivity contribution in [1.82, 2.24) is 24.9 Å². The highest BCUT2D eigenvalue weighted by atomic mass is 16.2. The van der Waals surface area contributed by atoms with Crippen molar-refractivity contribution in [2.45, 2.75) is 39.8 Å². The SMILES string of the molecule is CCN(CC)C(=O)N1CCC(C(=O)NCc2ccccc2Cn2cccn2)CC1. The number of amides is 3. The van der Waals surface area contributed by atoms with Gasteiger partial charge in [-0.2, -0.15) is 5.10 Å². The summed E-state index contributed by atoms with van der Waals surface area (Å²) in [7, 11) is 0. The molecular formula is C22H31N5O2. The number of nitrogens with zero attached hydrogens (tertiary/aromatic N) is 4. The van der Waals surface area contributed by atoms with Gasteiger partial charge in [-0.15, -0.1) is 0 Å². The molecule has 29 heavy (non-hydrogen) atoms. The van der Waals surface area contributed by atoms with E-state index in [1.165, 1.54) is 0 Å². The van der Waals surface area contributed by atoms with E-state index in [4.69, 9.17) is 0 Å². The zero-order valence-electron chi connectivity index (χ0n) is 17.4. The first-order chi connectivity index (χ1) is 14.1. The highest BCUT2D eigenvalue weighted by Gasteiger charge is 2.28.